The molecule has 0 bridgehead atoms. The third-order valence-electron chi connectivity index (χ3n) is 2.37. The molecular weight excluding hydrogens is 256 g/mol. The number of hydrogen-bond acceptors (Lipinski definition) is 6. The summed E-state index contributed by atoms with van der Waals surface area (Å²) in [5, 5.41) is 0. The van der Waals surface area contributed by atoms with E-state index in [-0.39, 0.29) is 25.0 Å². The summed E-state index contributed by atoms with van der Waals surface area (Å²) < 4.78 is 52.0. The van der Waals surface area contributed by atoms with Gasteiger partial charge in [0.2, 0.25) is 0 Å². The van der Waals surface area contributed by atoms with E-state index in [1.165, 1.54) is 0 Å². The Labute approximate surface area is 96.2 Å². The van der Waals surface area contributed by atoms with Crippen LogP contribution in [0.3, 0.4) is 0 Å². The highest BCUT2D eigenvalue weighted by Gasteiger charge is 2.31. The summed E-state index contributed by atoms with van der Waals surface area (Å²) in [4.78, 5) is 0. The Balaban J connectivity index is 2.14. The van der Waals surface area contributed by atoms with E-state index in [1.807, 2.05) is 0 Å². The summed E-state index contributed by atoms with van der Waals surface area (Å²) in [6, 6.07) is 0. The molecule has 0 radical (unpaired) electrons. The van der Waals surface area contributed by atoms with Crippen LogP contribution in [0.15, 0.2) is 0 Å². The first-order valence-corrected chi connectivity index (χ1v) is 8.48. The Bertz CT molecular complexity index is 377. The summed E-state index contributed by atoms with van der Waals surface area (Å²) in [6.07, 6.45) is 3.50. The predicted molar refractivity (Wildman–Crippen MR) is 57.8 cm³/mol. The van der Waals surface area contributed by atoms with Gasteiger partial charge in [-0.3, -0.25) is 8.37 Å². The molecule has 0 aromatic heterocycles. The van der Waals surface area contributed by atoms with Crippen LogP contribution < -0.4 is 0 Å². The molecule has 8 heteroatoms. The van der Waals surface area contributed by atoms with Gasteiger partial charge in [0.25, 0.3) is 20.2 Å². The minimum absolute atomic E-state index is 0.175. The minimum atomic E-state index is -3.38. The quantitative estimate of drug-likeness (QED) is 0.631. The van der Waals surface area contributed by atoms with Gasteiger partial charge in [-0.1, -0.05) is 0 Å². The molecule has 0 unspecified atom stereocenters. The number of rotatable bonds is 6. The molecule has 1 fully saturated rings. The van der Waals surface area contributed by atoms with Crippen molar-refractivity contribution in [2.45, 2.75) is 12.8 Å². The highest BCUT2D eigenvalue weighted by Crippen LogP contribution is 2.34. The Morgan fingerprint density at radius 1 is 0.875 bits per heavy atom. The van der Waals surface area contributed by atoms with Crippen molar-refractivity contribution in [3.05, 3.63) is 0 Å². The first-order valence-electron chi connectivity index (χ1n) is 4.84. The fraction of sp³-hybridized carbons (Fsp3) is 1.00. The smallest absolute Gasteiger partial charge is 0.264 e. The second kappa shape index (κ2) is 4.99. The molecule has 6 nitrogen and oxygen atoms in total. The second-order valence-electron chi connectivity index (χ2n) is 4.18. The third kappa shape index (κ3) is 5.78. The van der Waals surface area contributed by atoms with Gasteiger partial charge >= 0.3 is 0 Å². The average Bonchev–Trinajstić information content (AvgIpc) is 1.95. The van der Waals surface area contributed by atoms with Crippen LogP contribution in [0, 0.1) is 11.8 Å². The Hall–Kier alpha value is -0.180. The maximum absolute atomic E-state index is 10.7. The van der Waals surface area contributed by atoms with E-state index < -0.39 is 20.2 Å². The first-order chi connectivity index (χ1) is 7.16. The molecule has 0 aromatic carbocycles. The van der Waals surface area contributed by atoms with E-state index in [1.54, 1.807) is 0 Å². The van der Waals surface area contributed by atoms with Gasteiger partial charge < -0.3 is 0 Å². The van der Waals surface area contributed by atoms with Gasteiger partial charge in [0.15, 0.2) is 0 Å². The van der Waals surface area contributed by atoms with Crippen molar-refractivity contribution in [3.8, 4) is 0 Å². The summed E-state index contributed by atoms with van der Waals surface area (Å²) >= 11 is 0. The van der Waals surface area contributed by atoms with Crippen LogP contribution in [0.5, 0.6) is 0 Å². The monoisotopic (exact) mass is 272 g/mol. The zero-order chi connectivity index (χ0) is 12.4. The molecular formula is C8H16O6S2. The Morgan fingerprint density at radius 3 is 1.44 bits per heavy atom. The molecule has 1 aliphatic rings. The van der Waals surface area contributed by atoms with Crippen molar-refractivity contribution in [2.75, 3.05) is 25.7 Å². The molecule has 0 amide bonds. The molecule has 16 heavy (non-hydrogen) atoms. The van der Waals surface area contributed by atoms with E-state index in [4.69, 9.17) is 0 Å². The van der Waals surface area contributed by atoms with E-state index in [9.17, 15) is 16.8 Å². The molecule has 0 spiro atoms. The van der Waals surface area contributed by atoms with Crippen molar-refractivity contribution < 1.29 is 25.2 Å². The van der Waals surface area contributed by atoms with Gasteiger partial charge in [0.05, 0.1) is 25.7 Å². The predicted octanol–water partition coefficient (Wildman–Crippen LogP) is -0.0350. The maximum Gasteiger partial charge on any atom is 0.264 e. The minimum Gasteiger partial charge on any atom is -0.270 e. The standard InChI is InChI=1S/C8H16O6S2/c1-15(9,10)13-5-7-3-8(4-7)6-14-16(2,11)12/h7-8H,3-6H2,1-2H3. The van der Waals surface area contributed by atoms with Crippen molar-refractivity contribution in [1.29, 1.82) is 0 Å². The summed E-state index contributed by atoms with van der Waals surface area (Å²) in [6.45, 7) is 0.350. The summed E-state index contributed by atoms with van der Waals surface area (Å²) in [5.41, 5.74) is 0. The van der Waals surface area contributed by atoms with Crippen molar-refractivity contribution in [2.24, 2.45) is 11.8 Å². The van der Waals surface area contributed by atoms with Gasteiger partial charge in [-0.15, -0.1) is 0 Å². The van der Waals surface area contributed by atoms with E-state index in [2.05, 4.69) is 8.37 Å². The van der Waals surface area contributed by atoms with E-state index in [0.29, 0.717) is 0 Å². The fourth-order valence-electron chi connectivity index (χ4n) is 1.59. The largest absolute Gasteiger partial charge is 0.270 e. The van der Waals surface area contributed by atoms with Gasteiger partial charge in [0, 0.05) is 0 Å². The lowest BCUT2D eigenvalue weighted by molar-refractivity contribution is 0.0867. The topological polar surface area (TPSA) is 86.7 Å². The van der Waals surface area contributed by atoms with Crippen LogP contribution in [0.2, 0.25) is 0 Å². The van der Waals surface area contributed by atoms with Gasteiger partial charge in [0.1, 0.15) is 0 Å². The third-order valence-corrected chi connectivity index (χ3v) is 3.50. The lowest BCUT2D eigenvalue weighted by Crippen LogP contribution is -2.32. The molecule has 0 N–H and O–H groups in total. The van der Waals surface area contributed by atoms with E-state index in [0.717, 1.165) is 25.4 Å². The molecule has 1 saturated carbocycles. The molecule has 0 aliphatic heterocycles. The van der Waals surface area contributed by atoms with Gasteiger partial charge in [-0.05, 0) is 24.7 Å². The van der Waals surface area contributed by atoms with Crippen LogP contribution in [0.1, 0.15) is 12.8 Å². The van der Waals surface area contributed by atoms with Crippen molar-refractivity contribution in [3.63, 3.8) is 0 Å². The molecule has 0 atom stereocenters. The molecule has 96 valence electrons. The SMILES string of the molecule is CS(=O)(=O)OCC1CC(COS(C)(=O)=O)C1. The highest BCUT2D eigenvalue weighted by molar-refractivity contribution is 7.86. The Morgan fingerprint density at radius 2 is 1.19 bits per heavy atom. The van der Waals surface area contributed by atoms with E-state index >= 15 is 0 Å². The maximum atomic E-state index is 10.7. The second-order valence-corrected chi connectivity index (χ2v) is 7.47. The normalized spacial score (nSPS) is 26.4. The zero-order valence-corrected chi connectivity index (χ0v) is 10.9. The van der Waals surface area contributed by atoms with Crippen LogP contribution in [-0.4, -0.2) is 42.6 Å². The van der Waals surface area contributed by atoms with Crippen molar-refractivity contribution >= 4 is 20.2 Å². The van der Waals surface area contributed by atoms with Crippen LogP contribution in [-0.2, 0) is 28.6 Å². The average molecular weight is 272 g/mol. The number of hydrogen-bond donors (Lipinski definition) is 0. The zero-order valence-electron chi connectivity index (χ0n) is 9.25. The summed E-state index contributed by atoms with van der Waals surface area (Å²) in [5.74, 6) is 0.366. The Kier molecular flexibility index (Phi) is 4.33. The lowest BCUT2D eigenvalue weighted by atomic mass is 9.76. The van der Waals surface area contributed by atoms with Crippen LogP contribution in [0.25, 0.3) is 0 Å². The van der Waals surface area contributed by atoms with Crippen molar-refractivity contribution in [1.82, 2.24) is 0 Å². The molecule has 1 aliphatic carbocycles. The molecule has 0 heterocycles. The van der Waals surface area contributed by atoms with Crippen LogP contribution in [0.4, 0.5) is 0 Å². The van der Waals surface area contributed by atoms with Gasteiger partial charge in [-0.25, -0.2) is 0 Å². The molecule has 0 aromatic rings. The lowest BCUT2D eigenvalue weighted by Gasteiger charge is -2.34. The molecule has 0 saturated heterocycles. The fourth-order valence-corrected chi connectivity index (χ4v) is 2.46. The molecule has 1 rings (SSSR count). The summed E-state index contributed by atoms with van der Waals surface area (Å²) in [7, 11) is -6.75. The van der Waals surface area contributed by atoms with Gasteiger partial charge in [-0.2, -0.15) is 16.8 Å². The highest BCUT2D eigenvalue weighted by atomic mass is 32.2. The van der Waals surface area contributed by atoms with Crippen LogP contribution >= 0.6 is 0 Å². The first kappa shape index (κ1) is 13.9.